The van der Waals surface area contributed by atoms with Crippen LogP contribution in [0.3, 0.4) is 0 Å². The molecule has 8 heteroatoms. The zero-order valence-corrected chi connectivity index (χ0v) is 17.6. The fourth-order valence-corrected chi connectivity index (χ4v) is 4.32. The van der Waals surface area contributed by atoms with Crippen LogP contribution in [-0.4, -0.2) is 59.0 Å². The summed E-state index contributed by atoms with van der Waals surface area (Å²) in [4.78, 5) is 38.0. The van der Waals surface area contributed by atoms with E-state index in [1.165, 1.54) is 4.90 Å². The molecule has 8 nitrogen and oxygen atoms in total. The lowest BCUT2D eigenvalue weighted by Gasteiger charge is -2.40. The van der Waals surface area contributed by atoms with Crippen LogP contribution in [0.25, 0.3) is 0 Å². The number of methoxy groups -OCH3 is 1. The molecule has 0 N–H and O–H groups in total. The van der Waals surface area contributed by atoms with Crippen molar-refractivity contribution < 1.29 is 14.3 Å². The number of allylic oxidation sites excluding steroid dienone is 1. The number of benzene rings is 2. The van der Waals surface area contributed by atoms with Crippen molar-refractivity contribution in [2.45, 2.75) is 25.7 Å². The SMILES string of the molecule is COc1ccc(N2C(C)=CN3C2=NC2C3C(=O)N(Cc3ccccc3)C(=O)N2C)cc1. The topological polar surface area (TPSA) is 68.7 Å². The van der Waals surface area contributed by atoms with E-state index in [1.807, 2.05) is 77.5 Å². The van der Waals surface area contributed by atoms with E-state index in [1.54, 1.807) is 19.1 Å². The van der Waals surface area contributed by atoms with E-state index in [-0.39, 0.29) is 18.5 Å². The van der Waals surface area contributed by atoms with Gasteiger partial charge in [-0.05, 0) is 36.8 Å². The van der Waals surface area contributed by atoms with Crippen LogP contribution in [0, 0.1) is 0 Å². The van der Waals surface area contributed by atoms with E-state index >= 15 is 0 Å². The van der Waals surface area contributed by atoms with Crippen LogP contribution in [0.1, 0.15) is 12.5 Å². The number of ether oxygens (including phenoxy) is 1. The standard InChI is InChI=1S/C23H23N5O3/c1-15-13-26-19-20(24-22(26)28(15)17-9-11-18(31-3)12-10-17)25(2)23(30)27(21(19)29)14-16-7-5-4-6-8-16/h4-13,19-20H,14H2,1-3H3. The highest BCUT2D eigenvalue weighted by molar-refractivity contribution is 6.09. The molecule has 0 spiro atoms. The monoisotopic (exact) mass is 417 g/mol. The van der Waals surface area contributed by atoms with Crippen molar-refractivity contribution in [2.75, 3.05) is 19.1 Å². The molecule has 1 saturated heterocycles. The Morgan fingerprint density at radius 2 is 1.74 bits per heavy atom. The minimum Gasteiger partial charge on any atom is -0.497 e. The van der Waals surface area contributed by atoms with Gasteiger partial charge >= 0.3 is 6.03 Å². The number of aliphatic imine (C=N–C) groups is 1. The molecule has 2 unspecified atom stereocenters. The van der Waals surface area contributed by atoms with Gasteiger partial charge in [-0.2, -0.15) is 0 Å². The molecule has 0 aliphatic carbocycles. The molecule has 158 valence electrons. The fraction of sp³-hybridized carbons (Fsp3) is 0.261. The summed E-state index contributed by atoms with van der Waals surface area (Å²) in [5.41, 5.74) is 2.77. The smallest absolute Gasteiger partial charge is 0.328 e. The molecule has 3 aliphatic rings. The van der Waals surface area contributed by atoms with Crippen LogP contribution in [0.5, 0.6) is 5.75 Å². The van der Waals surface area contributed by atoms with Crippen LogP contribution < -0.4 is 9.64 Å². The maximum absolute atomic E-state index is 13.4. The first-order chi connectivity index (χ1) is 15.0. The lowest BCUT2D eigenvalue weighted by molar-refractivity contribution is -0.137. The molecule has 5 rings (SSSR count). The summed E-state index contributed by atoms with van der Waals surface area (Å²) in [5, 5.41) is 0. The predicted octanol–water partition coefficient (Wildman–Crippen LogP) is 2.84. The van der Waals surface area contributed by atoms with Gasteiger partial charge in [0.1, 0.15) is 5.75 Å². The number of hydrogen-bond donors (Lipinski definition) is 0. The second-order valence-electron chi connectivity index (χ2n) is 7.80. The largest absolute Gasteiger partial charge is 0.497 e. The molecule has 31 heavy (non-hydrogen) atoms. The average molecular weight is 417 g/mol. The molecule has 2 aromatic rings. The van der Waals surface area contributed by atoms with Gasteiger partial charge in [0.2, 0.25) is 5.96 Å². The third kappa shape index (κ3) is 2.94. The van der Waals surface area contributed by atoms with Crippen molar-refractivity contribution in [3.05, 3.63) is 72.1 Å². The number of anilines is 1. The Kier molecular flexibility index (Phi) is 4.43. The van der Waals surface area contributed by atoms with Gasteiger partial charge in [-0.15, -0.1) is 0 Å². The number of guanidine groups is 1. The van der Waals surface area contributed by atoms with Crippen molar-refractivity contribution >= 4 is 23.6 Å². The summed E-state index contributed by atoms with van der Waals surface area (Å²) < 4.78 is 5.25. The molecular weight excluding hydrogens is 394 g/mol. The van der Waals surface area contributed by atoms with Crippen LogP contribution in [0.4, 0.5) is 10.5 Å². The Hall–Kier alpha value is -3.81. The highest BCUT2D eigenvalue weighted by Crippen LogP contribution is 2.37. The molecule has 3 heterocycles. The quantitative estimate of drug-likeness (QED) is 0.765. The summed E-state index contributed by atoms with van der Waals surface area (Å²) in [6, 6.07) is 16.3. The Balaban J connectivity index is 1.46. The number of carbonyl (C=O) groups excluding carboxylic acids is 2. The highest BCUT2D eigenvalue weighted by Gasteiger charge is 2.54. The predicted molar refractivity (Wildman–Crippen MR) is 116 cm³/mol. The number of amides is 3. The molecule has 0 radical (unpaired) electrons. The molecule has 3 amide bonds. The molecule has 0 aromatic heterocycles. The van der Waals surface area contributed by atoms with Gasteiger partial charge < -0.3 is 14.5 Å². The lowest BCUT2D eigenvalue weighted by atomic mass is 10.1. The van der Waals surface area contributed by atoms with Crippen molar-refractivity contribution in [1.82, 2.24) is 14.7 Å². The zero-order valence-electron chi connectivity index (χ0n) is 17.6. The first kappa shape index (κ1) is 19.2. The second-order valence-corrected chi connectivity index (χ2v) is 7.80. The number of carbonyl (C=O) groups is 2. The number of rotatable bonds is 4. The minimum atomic E-state index is -0.584. The summed E-state index contributed by atoms with van der Waals surface area (Å²) in [7, 11) is 3.33. The first-order valence-corrected chi connectivity index (χ1v) is 10.1. The normalized spacial score (nSPS) is 22.4. The molecule has 2 atom stereocenters. The average Bonchev–Trinajstić information content (AvgIpc) is 3.30. The van der Waals surface area contributed by atoms with Gasteiger partial charge in [0, 0.05) is 24.6 Å². The summed E-state index contributed by atoms with van der Waals surface area (Å²) in [6.45, 7) is 2.21. The third-order valence-corrected chi connectivity index (χ3v) is 5.90. The third-order valence-electron chi connectivity index (χ3n) is 5.90. The number of likely N-dealkylation sites (N-methyl/N-ethyl adjacent to an activating group) is 1. The van der Waals surface area contributed by atoms with Crippen LogP contribution in [-0.2, 0) is 11.3 Å². The highest BCUT2D eigenvalue weighted by atomic mass is 16.5. The van der Waals surface area contributed by atoms with Crippen molar-refractivity contribution in [3.8, 4) is 5.75 Å². The number of imide groups is 1. The fourth-order valence-electron chi connectivity index (χ4n) is 4.32. The molecule has 3 aliphatic heterocycles. The molecular formula is C23H23N5O3. The van der Waals surface area contributed by atoms with Gasteiger partial charge in [-0.1, -0.05) is 30.3 Å². The number of hydrogen-bond acceptors (Lipinski definition) is 6. The van der Waals surface area contributed by atoms with Gasteiger partial charge in [0.15, 0.2) is 12.2 Å². The van der Waals surface area contributed by atoms with Gasteiger partial charge in [0.25, 0.3) is 5.91 Å². The van der Waals surface area contributed by atoms with E-state index in [0.29, 0.717) is 5.96 Å². The van der Waals surface area contributed by atoms with Crippen LogP contribution >= 0.6 is 0 Å². The van der Waals surface area contributed by atoms with E-state index in [9.17, 15) is 9.59 Å². The van der Waals surface area contributed by atoms with Crippen LogP contribution in [0.2, 0.25) is 0 Å². The Morgan fingerprint density at radius 3 is 2.42 bits per heavy atom. The number of urea groups is 1. The van der Waals surface area contributed by atoms with Gasteiger partial charge in [-0.3, -0.25) is 14.6 Å². The number of fused-ring (bicyclic) bond motifs is 3. The first-order valence-electron chi connectivity index (χ1n) is 10.1. The molecule has 0 bridgehead atoms. The maximum Gasteiger partial charge on any atom is 0.328 e. The Labute approximate surface area is 180 Å². The van der Waals surface area contributed by atoms with Gasteiger partial charge in [-0.25, -0.2) is 9.79 Å². The minimum absolute atomic E-state index is 0.236. The Bertz CT molecular complexity index is 1100. The lowest BCUT2D eigenvalue weighted by Crippen LogP contribution is -2.63. The van der Waals surface area contributed by atoms with Crippen LogP contribution in [0.15, 0.2) is 71.5 Å². The van der Waals surface area contributed by atoms with Crippen molar-refractivity contribution in [1.29, 1.82) is 0 Å². The van der Waals surface area contributed by atoms with Crippen molar-refractivity contribution in [3.63, 3.8) is 0 Å². The van der Waals surface area contributed by atoms with E-state index in [0.717, 1.165) is 22.7 Å². The summed E-state index contributed by atoms with van der Waals surface area (Å²) in [5.74, 6) is 1.17. The number of nitrogens with zero attached hydrogens (tertiary/aromatic N) is 5. The molecule has 0 saturated carbocycles. The molecule has 2 aromatic carbocycles. The van der Waals surface area contributed by atoms with E-state index in [2.05, 4.69) is 0 Å². The zero-order chi connectivity index (χ0) is 21.7. The van der Waals surface area contributed by atoms with E-state index < -0.39 is 12.2 Å². The summed E-state index contributed by atoms with van der Waals surface area (Å²) in [6.07, 6.45) is 1.36. The Morgan fingerprint density at radius 1 is 1.03 bits per heavy atom. The van der Waals surface area contributed by atoms with Crippen molar-refractivity contribution in [2.24, 2.45) is 4.99 Å². The van der Waals surface area contributed by atoms with E-state index in [4.69, 9.17) is 9.73 Å². The molecule has 1 fully saturated rings. The second kappa shape index (κ2) is 7.16. The maximum atomic E-state index is 13.4. The van der Waals surface area contributed by atoms with Gasteiger partial charge in [0.05, 0.1) is 13.7 Å². The summed E-state index contributed by atoms with van der Waals surface area (Å²) >= 11 is 0.